The SMILES string of the molecule is C#CCOc1ccc(CC(C)(Cc2ccc(Cl)c(Cl)c2)C(N)=O)cc1OC. The van der Waals surface area contributed by atoms with Crippen molar-refractivity contribution in [1.29, 1.82) is 0 Å². The molecule has 2 rings (SSSR count). The van der Waals surface area contributed by atoms with Crippen molar-refractivity contribution in [3.63, 3.8) is 0 Å². The molecule has 2 aromatic carbocycles. The van der Waals surface area contributed by atoms with E-state index in [2.05, 4.69) is 5.92 Å². The van der Waals surface area contributed by atoms with Gasteiger partial charge in [-0.2, -0.15) is 0 Å². The number of nitrogens with two attached hydrogens (primary N) is 1. The van der Waals surface area contributed by atoms with Crippen LogP contribution in [-0.4, -0.2) is 19.6 Å². The Kier molecular flexibility index (Phi) is 7.01. The molecule has 27 heavy (non-hydrogen) atoms. The van der Waals surface area contributed by atoms with Crippen LogP contribution in [0.5, 0.6) is 11.5 Å². The topological polar surface area (TPSA) is 61.5 Å². The molecule has 0 saturated heterocycles. The molecule has 0 bridgehead atoms. The van der Waals surface area contributed by atoms with Crippen LogP contribution in [0.25, 0.3) is 0 Å². The summed E-state index contributed by atoms with van der Waals surface area (Å²) in [4.78, 5) is 12.2. The molecule has 4 nitrogen and oxygen atoms in total. The van der Waals surface area contributed by atoms with Crippen LogP contribution in [0.2, 0.25) is 10.0 Å². The summed E-state index contributed by atoms with van der Waals surface area (Å²) in [7, 11) is 1.55. The minimum absolute atomic E-state index is 0.145. The van der Waals surface area contributed by atoms with Crippen molar-refractivity contribution in [2.45, 2.75) is 19.8 Å². The highest BCUT2D eigenvalue weighted by molar-refractivity contribution is 6.42. The van der Waals surface area contributed by atoms with Gasteiger partial charge < -0.3 is 15.2 Å². The Bertz CT molecular complexity index is 876. The summed E-state index contributed by atoms with van der Waals surface area (Å²) in [6, 6.07) is 10.8. The number of amides is 1. The maximum atomic E-state index is 12.2. The van der Waals surface area contributed by atoms with Crippen LogP contribution in [0.1, 0.15) is 18.1 Å². The number of carbonyl (C=O) groups excluding carboxylic acids is 1. The normalized spacial score (nSPS) is 12.7. The lowest BCUT2D eigenvalue weighted by molar-refractivity contribution is -0.126. The van der Waals surface area contributed by atoms with Crippen LogP contribution < -0.4 is 15.2 Å². The number of ether oxygens (including phenoxy) is 2. The second-order valence-corrected chi connectivity index (χ2v) is 7.32. The van der Waals surface area contributed by atoms with Crippen LogP contribution in [0.15, 0.2) is 36.4 Å². The lowest BCUT2D eigenvalue weighted by Crippen LogP contribution is -2.38. The highest BCUT2D eigenvalue weighted by Gasteiger charge is 2.32. The number of carbonyl (C=O) groups is 1. The first-order valence-corrected chi connectivity index (χ1v) is 9.01. The van der Waals surface area contributed by atoms with E-state index in [1.807, 2.05) is 25.1 Å². The van der Waals surface area contributed by atoms with Crippen molar-refractivity contribution in [2.24, 2.45) is 11.1 Å². The first kappa shape index (κ1) is 21.0. The molecule has 0 fully saturated rings. The van der Waals surface area contributed by atoms with E-state index in [1.54, 1.807) is 25.3 Å². The number of terminal acetylenes is 1. The third-order valence-corrected chi connectivity index (χ3v) is 5.05. The van der Waals surface area contributed by atoms with Gasteiger partial charge in [-0.25, -0.2) is 0 Å². The lowest BCUT2D eigenvalue weighted by atomic mass is 9.77. The summed E-state index contributed by atoms with van der Waals surface area (Å²) in [6.45, 7) is 1.97. The number of rotatable bonds is 8. The zero-order valence-electron chi connectivity index (χ0n) is 15.2. The number of benzene rings is 2. The molecular weight excluding hydrogens is 385 g/mol. The van der Waals surface area contributed by atoms with Gasteiger partial charge >= 0.3 is 0 Å². The highest BCUT2D eigenvalue weighted by Crippen LogP contribution is 2.34. The van der Waals surface area contributed by atoms with E-state index in [-0.39, 0.29) is 6.61 Å². The highest BCUT2D eigenvalue weighted by atomic mass is 35.5. The summed E-state index contributed by atoms with van der Waals surface area (Å²) in [5.41, 5.74) is 6.68. The number of primary amides is 1. The van der Waals surface area contributed by atoms with E-state index in [9.17, 15) is 4.79 Å². The Balaban J connectivity index is 2.27. The van der Waals surface area contributed by atoms with E-state index in [1.165, 1.54) is 0 Å². The van der Waals surface area contributed by atoms with E-state index in [0.717, 1.165) is 11.1 Å². The van der Waals surface area contributed by atoms with Gasteiger partial charge in [0.15, 0.2) is 11.5 Å². The fourth-order valence-electron chi connectivity index (χ4n) is 2.85. The Morgan fingerprint density at radius 2 is 1.74 bits per heavy atom. The molecule has 1 unspecified atom stereocenters. The maximum Gasteiger partial charge on any atom is 0.224 e. The van der Waals surface area contributed by atoms with Crippen LogP contribution >= 0.6 is 23.2 Å². The summed E-state index contributed by atoms with van der Waals surface area (Å²) in [6.07, 6.45) is 6.08. The van der Waals surface area contributed by atoms with E-state index < -0.39 is 11.3 Å². The zero-order valence-corrected chi connectivity index (χ0v) is 16.7. The average Bonchev–Trinajstić information content (AvgIpc) is 2.63. The van der Waals surface area contributed by atoms with Gasteiger partial charge in [0, 0.05) is 0 Å². The summed E-state index contributed by atoms with van der Waals surface area (Å²) < 4.78 is 10.8. The minimum atomic E-state index is -0.816. The molecule has 0 radical (unpaired) electrons. The molecule has 0 aromatic heterocycles. The first-order chi connectivity index (χ1) is 12.8. The zero-order chi connectivity index (χ0) is 20.0. The maximum absolute atomic E-state index is 12.2. The predicted octanol–water partition coefficient (Wildman–Crippen LogP) is 4.29. The number of methoxy groups -OCH3 is 1. The third kappa shape index (κ3) is 5.32. The van der Waals surface area contributed by atoms with Crippen molar-refractivity contribution >= 4 is 29.1 Å². The number of hydrogen-bond acceptors (Lipinski definition) is 3. The predicted molar refractivity (Wildman–Crippen MR) is 108 cm³/mol. The monoisotopic (exact) mass is 405 g/mol. The lowest BCUT2D eigenvalue weighted by Gasteiger charge is -2.27. The molecular formula is C21H21Cl2NO3. The first-order valence-electron chi connectivity index (χ1n) is 8.26. The Morgan fingerprint density at radius 3 is 2.30 bits per heavy atom. The van der Waals surface area contributed by atoms with Crippen molar-refractivity contribution in [3.8, 4) is 23.8 Å². The average molecular weight is 406 g/mol. The van der Waals surface area contributed by atoms with E-state index in [4.69, 9.17) is 44.8 Å². The van der Waals surface area contributed by atoms with Gasteiger partial charge in [-0.15, -0.1) is 6.42 Å². The molecule has 142 valence electrons. The second-order valence-electron chi connectivity index (χ2n) is 6.50. The Hall–Kier alpha value is -2.35. The molecule has 6 heteroatoms. The van der Waals surface area contributed by atoms with Gasteiger partial charge in [-0.3, -0.25) is 4.79 Å². The fourth-order valence-corrected chi connectivity index (χ4v) is 3.17. The van der Waals surface area contributed by atoms with Gasteiger partial charge in [0.25, 0.3) is 0 Å². The largest absolute Gasteiger partial charge is 0.493 e. The minimum Gasteiger partial charge on any atom is -0.493 e. The van der Waals surface area contributed by atoms with E-state index >= 15 is 0 Å². The smallest absolute Gasteiger partial charge is 0.224 e. The van der Waals surface area contributed by atoms with Crippen LogP contribution in [-0.2, 0) is 17.6 Å². The fraction of sp³-hybridized carbons (Fsp3) is 0.286. The van der Waals surface area contributed by atoms with Crippen LogP contribution in [0.4, 0.5) is 0 Å². The molecule has 2 aromatic rings. The quantitative estimate of drug-likeness (QED) is 0.666. The van der Waals surface area contributed by atoms with Crippen molar-refractivity contribution < 1.29 is 14.3 Å². The van der Waals surface area contributed by atoms with Gasteiger partial charge in [-0.1, -0.05) is 48.2 Å². The summed E-state index contributed by atoms with van der Waals surface area (Å²) in [5.74, 6) is 3.10. The van der Waals surface area contributed by atoms with Gasteiger partial charge in [0.2, 0.25) is 5.91 Å². The Morgan fingerprint density at radius 1 is 1.11 bits per heavy atom. The molecule has 0 saturated carbocycles. The van der Waals surface area contributed by atoms with Crippen molar-refractivity contribution in [2.75, 3.05) is 13.7 Å². The number of hydrogen-bond donors (Lipinski definition) is 1. The summed E-state index contributed by atoms with van der Waals surface area (Å²) >= 11 is 12.1. The molecule has 2 N–H and O–H groups in total. The second kappa shape index (κ2) is 9.03. The van der Waals surface area contributed by atoms with Gasteiger partial charge in [-0.05, 0) is 48.2 Å². The third-order valence-electron chi connectivity index (χ3n) is 4.31. The molecule has 0 heterocycles. The van der Waals surface area contributed by atoms with Crippen LogP contribution in [0.3, 0.4) is 0 Å². The molecule has 0 spiro atoms. The number of halogens is 2. The standard InChI is InChI=1S/C21H21Cl2NO3/c1-4-9-27-18-8-6-15(11-19(18)26-3)13-21(2,20(24)25)12-14-5-7-16(22)17(23)10-14/h1,5-8,10-11H,9,12-13H2,2-3H3,(H2,24,25). The van der Waals surface area contributed by atoms with Gasteiger partial charge in [0.1, 0.15) is 6.61 Å². The molecule has 1 amide bonds. The summed E-state index contributed by atoms with van der Waals surface area (Å²) in [5, 5.41) is 0.908. The van der Waals surface area contributed by atoms with Crippen molar-refractivity contribution in [1.82, 2.24) is 0 Å². The van der Waals surface area contributed by atoms with Gasteiger partial charge in [0.05, 0.1) is 22.6 Å². The van der Waals surface area contributed by atoms with E-state index in [0.29, 0.717) is 34.4 Å². The molecule has 0 aliphatic heterocycles. The van der Waals surface area contributed by atoms with Crippen LogP contribution in [0, 0.1) is 17.8 Å². The molecule has 1 atom stereocenters. The molecule has 0 aliphatic carbocycles. The van der Waals surface area contributed by atoms with Crippen molar-refractivity contribution in [3.05, 3.63) is 57.6 Å². The Labute approximate surface area is 169 Å². The molecule has 0 aliphatic rings.